The topological polar surface area (TPSA) is 43.1 Å². The Hall–Kier alpha value is -2.00. The molecule has 0 saturated carbocycles. The number of Topliss-reactive ketones (excluding diaryl/α,β-unsaturated/α-hetero) is 1. The molecule has 0 saturated heterocycles. The van der Waals surface area contributed by atoms with Crippen LogP contribution in [0.1, 0.15) is 10.4 Å². The highest BCUT2D eigenvalue weighted by Gasteiger charge is 2.16. The van der Waals surface area contributed by atoms with Crippen LogP contribution in [0.5, 0.6) is 0 Å². The standard InChI is InChI=1S/C14H14FNO/c1-3-6-11(9-16)10(2)14(17)12-7-4-5-8-13(12)15/h3-8H,1-2,9,16H2/b11-6+. The largest absolute Gasteiger partial charge is 0.326 e. The Morgan fingerprint density at radius 3 is 2.59 bits per heavy atom. The number of carbonyl (C=O) groups excluding carboxylic acids is 1. The van der Waals surface area contributed by atoms with Gasteiger partial charge in [-0.2, -0.15) is 0 Å². The second kappa shape index (κ2) is 5.92. The zero-order chi connectivity index (χ0) is 12.8. The molecular formula is C14H14FNO. The first kappa shape index (κ1) is 13.1. The van der Waals surface area contributed by atoms with Gasteiger partial charge in [-0.3, -0.25) is 4.79 Å². The summed E-state index contributed by atoms with van der Waals surface area (Å²) in [6, 6.07) is 5.78. The molecule has 88 valence electrons. The molecule has 2 N–H and O–H groups in total. The molecule has 0 aliphatic rings. The molecule has 0 aliphatic carbocycles. The fourth-order valence-corrected chi connectivity index (χ4v) is 1.39. The molecule has 2 nitrogen and oxygen atoms in total. The summed E-state index contributed by atoms with van der Waals surface area (Å²) in [4.78, 5) is 12.0. The summed E-state index contributed by atoms with van der Waals surface area (Å²) in [6.07, 6.45) is 3.11. The Kier molecular flexibility index (Phi) is 4.55. The molecule has 0 amide bonds. The van der Waals surface area contributed by atoms with Gasteiger partial charge in [0.05, 0.1) is 5.56 Å². The van der Waals surface area contributed by atoms with Crippen molar-refractivity contribution in [1.29, 1.82) is 0 Å². The molecular weight excluding hydrogens is 217 g/mol. The SMILES string of the molecule is C=C/C=C(\CN)C(=C)C(=O)c1ccccc1F. The van der Waals surface area contributed by atoms with Crippen molar-refractivity contribution < 1.29 is 9.18 Å². The third-order valence-corrected chi connectivity index (χ3v) is 2.32. The van der Waals surface area contributed by atoms with Gasteiger partial charge in [-0.15, -0.1) is 0 Å². The van der Waals surface area contributed by atoms with Crippen LogP contribution < -0.4 is 5.73 Å². The van der Waals surface area contributed by atoms with Crippen LogP contribution in [-0.4, -0.2) is 12.3 Å². The van der Waals surface area contributed by atoms with E-state index in [1.165, 1.54) is 24.3 Å². The summed E-state index contributed by atoms with van der Waals surface area (Å²) >= 11 is 0. The number of rotatable bonds is 5. The van der Waals surface area contributed by atoms with Crippen LogP contribution in [0.25, 0.3) is 0 Å². The van der Waals surface area contributed by atoms with Crippen molar-refractivity contribution in [2.24, 2.45) is 5.73 Å². The van der Waals surface area contributed by atoms with Gasteiger partial charge in [0.15, 0.2) is 5.78 Å². The van der Waals surface area contributed by atoms with Crippen molar-refractivity contribution in [3.8, 4) is 0 Å². The van der Waals surface area contributed by atoms with E-state index in [-0.39, 0.29) is 17.7 Å². The van der Waals surface area contributed by atoms with Crippen molar-refractivity contribution in [2.75, 3.05) is 6.54 Å². The Bertz CT molecular complexity index is 489. The van der Waals surface area contributed by atoms with Crippen LogP contribution in [-0.2, 0) is 0 Å². The van der Waals surface area contributed by atoms with Gasteiger partial charge in [0.1, 0.15) is 5.82 Å². The highest BCUT2D eigenvalue weighted by molar-refractivity contribution is 6.11. The van der Waals surface area contributed by atoms with Crippen molar-refractivity contribution in [3.05, 3.63) is 72.1 Å². The van der Waals surface area contributed by atoms with Crippen molar-refractivity contribution in [2.45, 2.75) is 0 Å². The maximum absolute atomic E-state index is 13.4. The van der Waals surface area contributed by atoms with E-state index in [0.29, 0.717) is 5.57 Å². The summed E-state index contributed by atoms with van der Waals surface area (Å²) in [5.41, 5.74) is 6.23. The van der Waals surface area contributed by atoms with E-state index in [1.807, 2.05) is 0 Å². The number of benzene rings is 1. The normalized spacial score (nSPS) is 11.1. The minimum Gasteiger partial charge on any atom is -0.326 e. The number of allylic oxidation sites excluding steroid dienone is 2. The minimum absolute atomic E-state index is 0.000845. The zero-order valence-corrected chi connectivity index (χ0v) is 9.45. The second-order valence-electron chi connectivity index (χ2n) is 3.42. The van der Waals surface area contributed by atoms with E-state index in [2.05, 4.69) is 13.2 Å². The van der Waals surface area contributed by atoms with Crippen LogP contribution in [0, 0.1) is 5.82 Å². The van der Waals surface area contributed by atoms with E-state index < -0.39 is 11.6 Å². The molecule has 0 unspecified atom stereocenters. The lowest BCUT2D eigenvalue weighted by Crippen LogP contribution is -2.13. The summed E-state index contributed by atoms with van der Waals surface area (Å²) in [5, 5.41) is 0. The Labute approximate surface area is 99.9 Å². The summed E-state index contributed by atoms with van der Waals surface area (Å²) in [7, 11) is 0. The van der Waals surface area contributed by atoms with Crippen molar-refractivity contribution in [3.63, 3.8) is 0 Å². The monoisotopic (exact) mass is 231 g/mol. The summed E-state index contributed by atoms with van der Waals surface area (Å²) in [5.74, 6) is -1.02. The van der Waals surface area contributed by atoms with Crippen molar-refractivity contribution in [1.82, 2.24) is 0 Å². The van der Waals surface area contributed by atoms with Gasteiger partial charge >= 0.3 is 0 Å². The number of ketones is 1. The lowest BCUT2D eigenvalue weighted by Gasteiger charge is -2.08. The van der Waals surface area contributed by atoms with Gasteiger partial charge in [0.2, 0.25) is 0 Å². The van der Waals surface area contributed by atoms with Crippen LogP contribution in [0.15, 0.2) is 60.7 Å². The van der Waals surface area contributed by atoms with E-state index in [0.717, 1.165) is 0 Å². The smallest absolute Gasteiger partial charge is 0.195 e. The van der Waals surface area contributed by atoms with Gasteiger partial charge < -0.3 is 5.73 Å². The first-order valence-electron chi connectivity index (χ1n) is 5.12. The summed E-state index contributed by atoms with van der Waals surface area (Å²) < 4.78 is 13.4. The molecule has 0 fully saturated rings. The van der Waals surface area contributed by atoms with E-state index >= 15 is 0 Å². The number of nitrogens with two attached hydrogens (primary N) is 1. The molecule has 0 atom stereocenters. The second-order valence-corrected chi connectivity index (χ2v) is 3.42. The third kappa shape index (κ3) is 2.98. The van der Waals surface area contributed by atoms with E-state index in [9.17, 15) is 9.18 Å². The van der Waals surface area contributed by atoms with Gasteiger partial charge in [0, 0.05) is 12.1 Å². The molecule has 0 radical (unpaired) electrons. The van der Waals surface area contributed by atoms with Crippen LogP contribution in [0.4, 0.5) is 4.39 Å². The maximum atomic E-state index is 13.4. The lowest BCUT2D eigenvalue weighted by atomic mass is 9.97. The number of hydrogen-bond donors (Lipinski definition) is 1. The van der Waals surface area contributed by atoms with Gasteiger partial charge in [-0.1, -0.05) is 37.4 Å². The predicted octanol–water partition coefficient (Wildman–Crippen LogP) is 2.64. The highest BCUT2D eigenvalue weighted by Crippen LogP contribution is 2.16. The summed E-state index contributed by atoms with van der Waals surface area (Å²) in [6.45, 7) is 7.33. The number of carbonyl (C=O) groups is 1. The van der Waals surface area contributed by atoms with E-state index in [4.69, 9.17) is 5.73 Å². The number of halogens is 1. The van der Waals surface area contributed by atoms with Gasteiger partial charge in [-0.25, -0.2) is 4.39 Å². The van der Waals surface area contributed by atoms with Crippen molar-refractivity contribution >= 4 is 5.78 Å². The fraction of sp³-hybridized carbons (Fsp3) is 0.0714. The van der Waals surface area contributed by atoms with Crippen LogP contribution in [0.3, 0.4) is 0 Å². The molecule has 17 heavy (non-hydrogen) atoms. The quantitative estimate of drug-likeness (QED) is 0.481. The molecule has 0 aliphatic heterocycles. The van der Waals surface area contributed by atoms with Crippen LogP contribution in [0.2, 0.25) is 0 Å². The highest BCUT2D eigenvalue weighted by atomic mass is 19.1. The predicted molar refractivity (Wildman–Crippen MR) is 67.2 cm³/mol. The molecule has 3 heteroatoms. The van der Waals surface area contributed by atoms with Crippen LogP contribution >= 0.6 is 0 Å². The van der Waals surface area contributed by atoms with Gasteiger partial charge in [-0.05, 0) is 17.7 Å². The first-order valence-corrected chi connectivity index (χ1v) is 5.12. The average Bonchev–Trinajstić information content (AvgIpc) is 2.35. The molecule has 1 aromatic carbocycles. The maximum Gasteiger partial charge on any atom is 0.195 e. The Morgan fingerprint density at radius 2 is 2.06 bits per heavy atom. The fourth-order valence-electron chi connectivity index (χ4n) is 1.39. The number of hydrogen-bond acceptors (Lipinski definition) is 2. The molecule has 0 aromatic heterocycles. The molecule has 0 heterocycles. The zero-order valence-electron chi connectivity index (χ0n) is 9.45. The Morgan fingerprint density at radius 1 is 1.41 bits per heavy atom. The molecule has 1 rings (SSSR count). The molecule has 0 bridgehead atoms. The first-order chi connectivity index (χ1) is 8.11. The molecule has 1 aromatic rings. The van der Waals surface area contributed by atoms with E-state index in [1.54, 1.807) is 12.1 Å². The molecule has 0 spiro atoms. The Balaban J connectivity index is 3.06. The lowest BCUT2D eigenvalue weighted by molar-refractivity contribution is 0.103. The average molecular weight is 231 g/mol. The minimum atomic E-state index is -0.561. The van der Waals surface area contributed by atoms with Gasteiger partial charge in [0.25, 0.3) is 0 Å². The third-order valence-electron chi connectivity index (χ3n) is 2.32.